The van der Waals surface area contributed by atoms with Crippen molar-refractivity contribution in [2.24, 2.45) is 7.05 Å². The SMILES string of the molecule is Cn1ccnc1SCC1CC(c2ccc(CO)cc2)OC(c2ccc(CNC(=O)CCCC(=O)O)cc2)O1. The maximum atomic E-state index is 12.0. The number of aliphatic hydroxyl groups is 1. The lowest BCUT2D eigenvalue weighted by atomic mass is 10.0. The number of carboxylic acid groups (broad SMARTS) is 1. The molecule has 2 heterocycles. The van der Waals surface area contributed by atoms with Gasteiger partial charge in [-0.2, -0.15) is 0 Å². The maximum Gasteiger partial charge on any atom is 0.303 e. The minimum Gasteiger partial charge on any atom is -0.481 e. The van der Waals surface area contributed by atoms with E-state index < -0.39 is 12.3 Å². The number of thioether (sulfide) groups is 1. The predicted octanol–water partition coefficient (Wildman–Crippen LogP) is 4.12. The normalized spacial score (nSPS) is 19.3. The number of aliphatic carboxylic acids is 1. The summed E-state index contributed by atoms with van der Waals surface area (Å²) in [4.78, 5) is 27.0. The zero-order chi connectivity index (χ0) is 26.9. The van der Waals surface area contributed by atoms with Gasteiger partial charge in [-0.05, 0) is 23.1 Å². The summed E-state index contributed by atoms with van der Waals surface area (Å²) in [7, 11) is 1.97. The first-order valence-electron chi connectivity index (χ1n) is 12.6. The quantitative estimate of drug-likeness (QED) is 0.294. The van der Waals surface area contributed by atoms with Crippen molar-refractivity contribution in [1.82, 2.24) is 14.9 Å². The molecule has 1 aromatic heterocycles. The number of hydrogen-bond donors (Lipinski definition) is 3. The van der Waals surface area contributed by atoms with E-state index in [1.54, 1.807) is 18.0 Å². The Hall–Kier alpha value is -3.18. The van der Waals surface area contributed by atoms with E-state index in [1.807, 2.05) is 66.3 Å². The number of nitrogens with one attached hydrogen (secondary N) is 1. The predicted molar refractivity (Wildman–Crippen MR) is 142 cm³/mol. The number of ether oxygens (including phenoxy) is 2. The van der Waals surface area contributed by atoms with Gasteiger partial charge in [0, 0.05) is 56.6 Å². The number of aromatic nitrogens is 2. The summed E-state index contributed by atoms with van der Waals surface area (Å²) < 4.78 is 14.7. The standard InChI is InChI=1S/C28H33N3O6S/c1-31-14-13-29-28(31)38-18-23-15-24(21-9-7-20(17-32)8-10-21)37-27(36-23)22-11-5-19(6-12-22)16-30-25(33)3-2-4-26(34)35/h5-14,23-24,27,32H,2-4,15-18H2,1H3,(H,30,33)(H,34,35). The van der Waals surface area contributed by atoms with Crippen LogP contribution in [0.5, 0.6) is 0 Å². The highest BCUT2D eigenvalue weighted by molar-refractivity contribution is 7.99. The van der Waals surface area contributed by atoms with E-state index in [0.29, 0.717) is 19.4 Å². The van der Waals surface area contributed by atoms with Crippen molar-refractivity contribution in [2.45, 2.75) is 62.5 Å². The first-order chi connectivity index (χ1) is 18.4. The Kier molecular flexibility index (Phi) is 9.94. The lowest BCUT2D eigenvalue weighted by Crippen LogP contribution is -2.31. The molecule has 10 heteroatoms. The molecule has 3 atom stereocenters. The number of nitrogens with zero attached hydrogens (tertiary/aromatic N) is 2. The molecular weight excluding hydrogens is 506 g/mol. The van der Waals surface area contributed by atoms with Crippen LogP contribution in [0.4, 0.5) is 0 Å². The van der Waals surface area contributed by atoms with Crippen molar-refractivity contribution in [3.05, 3.63) is 83.2 Å². The number of carbonyl (C=O) groups excluding carboxylic acids is 1. The monoisotopic (exact) mass is 539 g/mol. The third-order valence-electron chi connectivity index (χ3n) is 6.33. The molecule has 3 unspecified atom stereocenters. The Morgan fingerprint density at radius 2 is 1.76 bits per heavy atom. The van der Waals surface area contributed by atoms with E-state index in [-0.39, 0.29) is 37.6 Å². The Morgan fingerprint density at radius 1 is 1.05 bits per heavy atom. The number of benzene rings is 2. The highest BCUT2D eigenvalue weighted by Gasteiger charge is 2.32. The van der Waals surface area contributed by atoms with Gasteiger partial charge in [-0.15, -0.1) is 0 Å². The van der Waals surface area contributed by atoms with Crippen molar-refractivity contribution < 1.29 is 29.3 Å². The number of imidazole rings is 1. The molecule has 1 saturated heterocycles. The van der Waals surface area contributed by atoms with Crippen LogP contribution >= 0.6 is 11.8 Å². The second-order valence-corrected chi connectivity index (χ2v) is 10.2. The van der Waals surface area contributed by atoms with Crippen LogP contribution in [0, 0.1) is 0 Å². The lowest BCUT2D eigenvalue weighted by Gasteiger charge is -2.36. The molecule has 202 valence electrons. The van der Waals surface area contributed by atoms with E-state index in [4.69, 9.17) is 14.6 Å². The first-order valence-corrected chi connectivity index (χ1v) is 13.6. The molecule has 0 spiro atoms. The highest BCUT2D eigenvalue weighted by Crippen LogP contribution is 2.39. The highest BCUT2D eigenvalue weighted by atomic mass is 32.2. The molecule has 1 amide bonds. The molecule has 38 heavy (non-hydrogen) atoms. The molecule has 9 nitrogen and oxygen atoms in total. The molecular formula is C28H33N3O6S. The van der Waals surface area contributed by atoms with Crippen LogP contribution < -0.4 is 5.32 Å². The van der Waals surface area contributed by atoms with Crippen molar-refractivity contribution >= 4 is 23.6 Å². The summed E-state index contributed by atoms with van der Waals surface area (Å²) in [6.07, 6.45) is 4.09. The molecule has 0 aliphatic carbocycles. The number of amides is 1. The molecule has 0 saturated carbocycles. The third kappa shape index (κ3) is 7.91. The first kappa shape index (κ1) is 27.8. The van der Waals surface area contributed by atoms with Gasteiger partial charge in [0.1, 0.15) is 0 Å². The minimum atomic E-state index is -0.901. The van der Waals surface area contributed by atoms with Crippen LogP contribution in [-0.4, -0.2) is 43.5 Å². The molecule has 0 bridgehead atoms. The zero-order valence-electron chi connectivity index (χ0n) is 21.3. The Morgan fingerprint density at radius 3 is 2.42 bits per heavy atom. The smallest absolute Gasteiger partial charge is 0.303 e. The van der Waals surface area contributed by atoms with Gasteiger partial charge < -0.3 is 29.6 Å². The van der Waals surface area contributed by atoms with E-state index in [0.717, 1.165) is 33.2 Å². The number of aryl methyl sites for hydroxylation is 1. The van der Waals surface area contributed by atoms with E-state index in [9.17, 15) is 14.7 Å². The molecule has 0 radical (unpaired) electrons. The number of hydrogen-bond acceptors (Lipinski definition) is 7. The third-order valence-corrected chi connectivity index (χ3v) is 7.52. The van der Waals surface area contributed by atoms with E-state index in [2.05, 4.69) is 10.3 Å². The summed E-state index contributed by atoms with van der Waals surface area (Å²) in [5, 5.41) is 21.9. The second-order valence-electron chi connectivity index (χ2n) is 9.25. The Bertz CT molecular complexity index is 1200. The van der Waals surface area contributed by atoms with Gasteiger partial charge in [0.25, 0.3) is 0 Å². The fourth-order valence-electron chi connectivity index (χ4n) is 4.16. The van der Waals surface area contributed by atoms with Gasteiger partial charge in [-0.25, -0.2) is 4.98 Å². The summed E-state index contributed by atoms with van der Waals surface area (Å²) in [6, 6.07) is 15.5. The maximum absolute atomic E-state index is 12.0. The van der Waals surface area contributed by atoms with Gasteiger partial charge in [-0.3, -0.25) is 9.59 Å². The minimum absolute atomic E-state index is 0.00436. The average Bonchev–Trinajstić information content (AvgIpc) is 3.35. The summed E-state index contributed by atoms with van der Waals surface area (Å²) in [5.41, 5.74) is 3.69. The largest absolute Gasteiger partial charge is 0.481 e. The topological polar surface area (TPSA) is 123 Å². The van der Waals surface area contributed by atoms with Gasteiger partial charge in [0.2, 0.25) is 5.91 Å². The van der Waals surface area contributed by atoms with Crippen LogP contribution in [-0.2, 0) is 39.3 Å². The van der Waals surface area contributed by atoms with Gasteiger partial charge >= 0.3 is 5.97 Å². The van der Waals surface area contributed by atoms with E-state index >= 15 is 0 Å². The molecule has 3 aromatic rings. The summed E-state index contributed by atoms with van der Waals surface area (Å²) in [5.74, 6) is -0.345. The van der Waals surface area contributed by atoms with Crippen molar-refractivity contribution in [1.29, 1.82) is 0 Å². The van der Waals surface area contributed by atoms with Crippen LogP contribution in [0.25, 0.3) is 0 Å². The molecule has 4 rings (SSSR count). The molecule has 1 fully saturated rings. The van der Waals surface area contributed by atoms with Gasteiger partial charge in [0.15, 0.2) is 11.4 Å². The van der Waals surface area contributed by atoms with Crippen LogP contribution in [0.2, 0.25) is 0 Å². The number of carbonyl (C=O) groups is 2. The lowest BCUT2D eigenvalue weighted by molar-refractivity contribution is -0.245. The fourth-order valence-corrected chi connectivity index (χ4v) is 5.11. The van der Waals surface area contributed by atoms with Crippen molar-refractivity contribution in [3.63, 3.8) is 0 Å². The van der Waals surface area contributed by atoms with Crippen molar-refractivity contribution in [2.75, 3.05) is 5.75 Å². The Labute approximate surface area is 226 Å². The molecule has 1 aliphatic heterocycles. The molecule has 1 aliphatic rings. The van der Waals surface area contributed by atoms with Crippen molar-refractivity contribution in [3.8, 4) is 0 Å². The van der Waals surface area contributed by atoms with Gasteiger partial charge in [-0.1, -0.05) is 60.3 Å². The fraction of sp³-hybridized carbons (Fsp3) is 0.393. The zero-order valence-corrected chi connectivity index (χ0v) is 22.1. The van der Waals surface area contributed by atoms with Crippen LogP contribution in [0.15, 0.2) is 66.1 Å². The van der Waals surface area contributed by atoms with E-state index in [1.165, 1.54) is 0 Å². The number of carboxylic acids is 1. The number of aliphatic hydroxyl groups excluding tert-OH is 1. The molecule has 2 aromatic carbocycles. The Balaban J connectivity index is 1.40. The summed E-state index contributed by atoms with van der Waals surface area (Å²) >= 11 is 1.65. The summed E-state index contributed by atoms with van der Waals surface area (Å²) in [6.45, 7) is 0.358. The average molecular weight is 540 g/mol. The second kappa shape index (κ2) is 13.6. The van der Waals surface area contributed by atoms with Crippen LogP contribution in [0.3, 0.4) is 0 Å². The number of rotatable bonds is 12. The van der Waals surface area contributed by atoms with Gasteiger partial charge in [0.05, 0.1) is 18.8 Å². The molecule has 3 N–H and O–H groups in total. The van der Waals surface area contributed by atoms with Crippen LogP contribution in [0.1, 0.15) is 60.3 Å².